The molecule has 4 nitrogen and oxygen atoms in total. The third-order valence-corrected chi connectivity index (χ3v) is 3.70. The molecule has 1 aliphatic carbocycles. The number of hydrogen-bond acceptors (Lipinski definition) is 3. The second-order valence-corrected chi connectivity index (χ2v) is 6.67. The number of hydrazone groups is 1. The van der Waals surface area contributed by atoms with Gasteiger partial charge in [-0.25, -0.2) is 5.43 Å². The van der Waals surface area contributed by atoms with Crippen LogP contribution in [0.3, 0.4) is 0 Å². The second-order valence-electron chi connectivity index (χ2n) is 6.67. The molecule has 0 atom stereocenters. The van der Waals surface area contributed by atoms with Gasteiger partial charge in [0.25, 0.3) is 5.91 Å². The van der Waals surface area contributed by atoms with Gasteiger partial charge in [0.2, 0.25) is 0 Å². The predicted octanol–water partition coefficient (Wildman–Crippen LogP) is 3.17. The molecule has 1 N–H and O–H groups in total. The summed E-state index contributed by atoms with van der Waals surface area (Å²) in [5, 5.41) is 4.17. The minimum Gasteiger partial charge on any atom is -0.299 e. The van der Waals surface area contributed by atoms with E-state index in [-0.39, 0.29) is 17.1 Å². The minimum absolute atomic E-state index is 0.0708. The molecule has 0 radical (unpaired) electrons. The first kappa shape index (κ1) is 15.4. The summed E-state index contributed by atoms with van der Waals surface area (Å²) < 4.78 is 0. The lowest BCUT2D eigenvalue weighted by atomic mass is 9.76. The molecule has 0 bridgehead atoms. The number of carbonyl (C=O) groups excluding carboxylic acids is 2. The van der Waals surface area contributed by atoms with Crippen LogP contribution < -0.4 is 5.43 Å². The largest absolute Gasteiger partial charge is 0.299 e. The van der Waals surface area contributed by atoms with E-state index in [2.05, 4.69) is 10.5 Å². The van der Waals surface area contributed by atoms with Crippen molar-refractivity contribution in [3.8, 4) is 0 Å². The predicted molar refractivity (Wildman–Crippen MR) is 83.5 cm³/mol. The number of nitrogens with one attached hydrogen (secondary N) is 1. The zero-order valence-electron chi connectivity index (χ0n) is 13.1. The van der Waals surface area contributed by atoms with Crippen molar-refractivity contribution in [1.29, 1.82) is 0 Å². The first-order valence-corrected chi connectivity index (χ1v) is 7.21. The van der Waals surface area contributed by atoms with E-state index in [0.29, 0.717) is 18.4 Å². The van der Waals surface area contributed by atoms with Gasteiger partial charge in [0.15, 0.2) is 0 Å². The van der Waals surface area contributed by atoms with Crippen molar-refractivity contribution in [3.05, 3.63) is 34.9 Å². The summed E-state index contributed by atoms with van der Waals surface area (Å²) in [7, 11) is 0. The van der Waals surface area contributed by atoms with Gasteiger partial charge in [-0.2, -0.15) is 5.10 Å². The topological polar surface area (TPSA) is 58.5 Å². The van der Waals surface area contributed by atoms with E-state index in [4.69, 9.17) is 0 Å². The maximum Gasteiger partial charge on any atom is 0.271 e. The Kier molecular flexibility index (Phi) is 4.26. The van der Waals surface area contributed by atoms with Crippen LogP contribution >= 0.6 is 0 Å². The van der Waals surface area contributed by atoms with Crippen molar-refractivity contribution in [3.63, 3.8) is 0 Å². The van der Waals surface area contributed by atoms with Crippen LogP contribution in [0.4, 0.5) is 0 Å². The summed E-state index contributed by atoms with van der Waals surface area (Å²) in [6.07, 6.45) is 1.67. The van der Waals surface area contributed by atoms with Crippen LogP contribution in [-0.2, 0) is 4.79 Å². The number of amides is 1. The van der Waals surface area contributed by atoms with Gasteiger partial charge in [-0.05, 0) is 37.3 Å². The summed E-state index contributed by atoms with van der Waals surface area (Å²) in [5.74, 6) is -0.0402. The van der Waals surface area contributed by atoms with Crippen molar-refractivity contribution in [2.75, 3.05) is 0 Å². The van der Waals surface area contributed by atoms with Gasteiger partial charge in [0, 0.05) is 24.1 Å². The van der Waals surface area contributed by atoms with Crippen molar-refractivity contribution >= 4 is 17.4 Å². The molecule has 1 saturated carbocycles. The first-order valence-electron chi connectivity index (χ1n) is 7.21. The third-order valence-electron chi connectivity index (χ3n) is 3.70. The van der Waals surface area contributed by atoms with E-state index >= 15 is 0 Å². The quantitative estimate of drug-likeness (QED) is 0.849. The van der Waals surface area contributed by atoms with Crippen LogP contribution in [0.5, 0.6) is 0 Å². The second kappa shape index (κ2) is 5.80. The highest BCUT2D eigenvalue weighted by atomic mass is 16.2. The molecular formula is C17H22N2O2. The van der Waals surface area contributed by atoms with Gasteiger partial charge in [-0.3, -0.25) is 9.59 Å². The van der Waals surface area contributed by atoms with E-state index in [9.17, 15) is 9.59 Å². The van der Waals surface area contributed by atoms with Crippen LogP contribution in [-0.4, -0.2) is 17.4 Å². The van der Waals surface area contributed by atoms with Gasteiger partial charge in [-0.15, -0.1) is 0 Å². The highest BCUT2D eigenvalue weighted by Crippen LogP contribution is 2.31. The van der Waals surface area contributed by atoms with Gasteiger partial charge < -0.3 is 0 Å². The molecule has 0 unspecified atom stereocenters. The zero-order valence-corrected chi connectivity index (χ0v) is 13.1. The SMILES string of the molecule is Cc1ccc(C(=O)N/N=C2/CC(=O)CC(C)(C)C2)c(C)c1. The molecule has 0 aromatic heterocycles. The van der Waals surface area contributed by atoms with E-state index in [0.717, 1.165) is 23.3 Å². The molecular weight excluding hydrogens is 264 g/mol. The Hall–Kier alpha value is -1.97. The number of carbonyl (C=O) groups is 2. The molecule has 0 saturated heterocycles. The molecule has 0 spiro atoms. The van der Waals surface area contributed by atoms with Crippen LogP contribution in [0.2, 0.25) is 0 Å². The number of ketones is 1. The summed E-state index contributed by atoms with van der Waals surface area (Å²) in [6, 6.07) is 5.67. The number of rotatable bonds is 2. The molecule has 1 aromatic rings. The standard InChI is InChI=1S/C17H22N2O2/c1-11-5-6-15(12(2)7-11)16(21)19-18-13-8-14(20)10-17(3,4)9-13/h5-7H,8-10H2,1-4H3,(H,19,21)/b18-13-. The lowest BCUT2D eigenvalue weighted by molar-refractivity contribution is -0.120. The molecule has 112 valence electrons. The smallest absolute Gasteiger partial charge is 0.271 e. The third kappa shape index (κ3) is 4.00. The van der Waals surface area contributed by atoms with Gasteiger partial charge in [-0.1, -0.05) is 31.5 Å². The lowest BCUT2D eigenvalue weighted by Gasteiger charge is -2.29. The minimum atomic E-state index is -0.226. The Balaban J connectivity index is 2.09. The maximum atomic E-state index is 12.2. The Labute approximate surface area is 125 Å². The summed E-state index contributed by atoms with van der Waals surface area (Å²) in [6.45, 7) is 7.99. The van der Waals surface area contributed by atoms with Crippen molar-refractivity contribution < 1.29 is 9.59 Å². The van der Waals surface area contributed by atoms with Crippen LogP contribution in [0, 0.1) is 19.3 Å². The molecule has 21 heavy (non-hydrogen) atoms. The molecule has 1 aromatic carbocycles. The van der Waals surface area contributed by atoms with Gasteiger partial charge in [0.1, 0.15) is 5.78 Å². The van der Waals surface area contributed by atoms with Gasteiger partial charge >= 0.3 is 0 Å². The van der Waals surface area contributed by atoms with E-state index in [1.54, 1.807) is 6.07 Å². The van der Waals surface area contributed by atoms with Crippen LogP contribution in [0.15, 0.2) is 23.3 Å². The van der Waals surface area contributed by atoms with Crippen molar-refractivity contribution in [1.82, 2.24) is 5.43 Å². The fourth-order valence-corrected chi connectivity index (χ4v) is 2.84. The van der Waals surface area contributed by atoms with E-state index < -0.39 is 0 Å². The highest BCUT2D eigenvalue weighted by molar-refractivity contribution is 6.05. The molecule has 4 heteroatoms. The Bertz CT molecular complexity index is 615. The number of nitrogens with zero attached hydrogens (tertiary/aromatic N) is 1. The molecule has 1 amide bonds. The monoisotopic (exact) mass is 286 g/mol. The number of aryl methyl sites for hydroxylation is 2. The average molecular weight is 286 g/mol. The lowest BCUT2D eigenvalue weighted by Crippen LogP contribution is -2.31. The first-order chi connectivity index (χ1) is 9.77. The average Bonchev–Trinajstić information content (AvgIpc) is 2.33. The van der Waals surface area contributed by atoms with E-state index in [1.807, 2.05) is 39.8 Å². The fraction of sp³-hybridized carbons (Fsp3) is 0.471. The Morgan fingerprint density at radius 2 is 1.95 bits per heavy atom. The molecule has 1 aliphatic rings. The Morgan fingerprint density at radius 3 is 2.57 bits per heavy atom. The summed E-state index contributed by atoms with van der Waals surface area (Å²) >= 11 is 0. The number of Topliss-reactive ketones (excluding diaryl/α,β-unsaturated/α-hetero) is 1. The van der Waals surface area contributed by atoms with Gasteiger partial charge in [0.05, 0.1) is 0 Å². The number of benzene rings is 1. The summed E-state index contributed by atoms with van der Waals surface area (Å²) in [5.41, 5.74) is 5.93. The number of hydrogen-bond donors (Lipinski definition) is 1. The summed E-state index contributed by atoms with van der Waals surface area (Å²) in [4.78, 5) is 23.9. The van der Waals surface area contributed by atoms with Crippen molar-refractivity contribution in [2.24, 2.45) is 10.5 Å². The fourth-order valence-electron chi connectivity index (χ4n) is 2.84. The zero-order chi connectivity index (χ0) is 15.6. The molecule has 2 rings (SSSR count). The highest BCUT2D eigenvalue weighted by Gasteiger charge is 2.30. The Morgan fingerprint density at radius 1 is 1.24 bits per heavy atom. The molecule has 1 fully saturated rings. The molecule has 0 aliphatic heterocycles. The molecule has 0 heterocycles. The van der Waals surface area contributed by atoms with Crippen LogP contribution in [0.1, 0.15) is 54.6 Å². The van der Waals surface area contributed by atoms with E-state index in [1.165, 1.54) is 0 Å². The van der Waals surface area contributed by atoms with Crippen LogP contribution in [0.25, 0.3) is 0 Å². The van der Waals surface area contributed by atoms with Crippen molar-refractivity contribution in [2.45, 2.75) is 47.0 Å². The maximum absolute atomic E-state index is 12.2. The normalized spacial score (nSPS) is 19.6.